The van der Waals surface area contributed by atoms with Crippen LogP contribution in [0.15, 0.2) is 0 Å². The fourth-order valence-electron chi connectivity index (χ4n) is 14.1. The second-order valence-electron chi connectivity index (χ2n) is 20.5. The topological polar surface area (TPSA) is 215 Å². The Labute approximate surface area is 341 Å². The summed E-state index contributed by atoms with van der Waals surface area (Å²) < 4.78 is 49.4. The summed E-state index contributed by atoms with van der Waals surface area (Å²) in [5.74, 6) is 3.71. The summed E-state index contributed by atoms with van der Waals surface area (Å²) in [6.07, 6.45) is -4.08. The molecule has 9 rings (SSSR count). The number of hydrogen-bond acceptors (Lipinski definition) is 15. The van der Waals surface area contributed by atoms with Crippen LogP contribution in [0.2, 0.25) is 0 Å². The van der Waals surface area contributed by atoms with Crippen LogP contribution in [-0.4, -0.2) is 154 Å². The second kappa shape index (κ2) is 16.2. The van der Waals surface area contributed by atoms with Crippen LogP contribution in [0.5, 0.6) is 0 Å². The Morgan fingerprint density at radius 1 is 0.655 bits per heavy atom. The zero-order chi connectivity index (χ0) is 40.9. The Bertz CT molecular complexity index is 1430. The van der Waals surface area contributed by atoms with E-state index < -0.39 is 79.6 Å². The van der Waals surface area contributed by atoms with Gasteiger partial charge in [-0.25, -0.2) is 0 Å². The highest BCUT2D eigenvalue weighted by Crippen LogP contribution is 2.71. The Kier molecular flexibility index (Phi) is 11.9. The van der Waals surface area contributed by atoms with Crippen LogP contribution in [0.4, 0.5) is 0 Å². The minimum Gasteiger partial charge on any atom is -0.390 e. The standard InChI is InChI=1S/C43H70O15/c1-20-7-12-43(54-16-20)21(2)33-30(58-43)14-26-24-6-5-22-13-23(8-10-41(22,3)25(24)9-11-42(26,33)4)55-32-15-27(44)38(57-40-37(50)35(48)29(46)18-52-40)31(56-32)19-53-39-36(49)34(47)28(45)17-51-39/h20-40,44-50H,5-19H2,1-4H3/t20-,21-,22+,23-,24+,25-,26-,27+,28-,29+,30-,31+,32+,33-,34-,35-,36+,37+,38+,39-,40-,41-,42-,43+/m0/s1. The molecule has 15 heteroatoms. The first-order valence-electron chi connectivity index (χ1n) is 22.5. The van der Waals surface area contributed by atoms with Gasteiger partial charge in [-0.1, -0.05) is 27.7 Å². The zero-order valence-corrected chi connectivity index (χ0v) is 34.6. The average molecular weight is 827 g/mol. The van der Waals surface area contributed by atoms with Gasteiger partial charge in [-0.05, 0) is 104 Å². The molecule has 0 amide bonds. The van der Waals surface area contributed by atoms with E-state index in [-0.39, 0.29) is 49.3 Å². The molecule has 1 spiro atoms. The number of ether oxygens (including phenoxy) is 8. The molecule has 0 aromatic heterocycles. The Hall–Kier alpha value is -0.600. The van der Waals surface area contributed by atoms with Gasteiger partial charge in [-0.2, -0.15) is 0 Å². The van der Waals surface area contributed by atoms with Crippen LogP contribution in [0.3, 0.4) is 0 Å². The molecule has 5 aliphatic heterocycles. The quantitative estimate of drug-likeness (QED) is 0.182. The van der Waals surface area contributed by atoms with Crippen molar-refractivity contribution in [2.75, 3.05) is 26.4 Å². The van der Waals surface area contributed by atoms with E-state index in [1.54, 1.807) is 0 Å². The first-order chi connectivity index (χ1) is 27.6. The summed E-state index contributed by atoms with van der Waals surface area (Å²) >= 11 is 0. The van der Waals surface area contributed by atoms with Gasteiger partial charge in [0.15, 0.2) is 24.7 Å². The highest BCUT2D eigenvalue weighted by Gasteiger charge is 2.69. The number of rotatable bonds is 7. The Morgan fingerprint density at radius 3 is 2.09 bits per heavy atom. The summed E-state index contributed by atoms with van der Waals surface area (Å²) in [5.41, 5.74) is 0.495. The van der Waals surface area contributed by atoms with Gasteiger partial charge in [0.2, 0.25) is 0 Å². The fourth-order valence-corrected chi connectivity index (χ4v) is 14.1. The molecule has 5 heterocycles. The normalized spacial score (nSPS) is 58.3. The maximum atomic E-state index is 11.5. The van der Waals surface area contributed by atoms with Crippen molar-refractivity contribution in [1.82, 2.24) is 0 Å². The second-order valence-corrected chi connectivity index (χ2v) is 20.5. The SMILES string of the molecule is C[C@H]1CC[C@@]2(OC1)O[C@H]1C[C@H]3[C@@H]4CC[C@@H]5C[C@@H](O[C@H]6C[C@@H](O)[C@@H](O[C@@H]7OC[C@@H](O)[C@H](O)[C@H]7O)[C@@H](CO[C@@H]7OC[C@H](O)[C@H](O)[C@H]7O)O6)CC[C@]5(C)[C@H]4CC[C@]3(C)[C@H]1[C@@H]2C. The summed E-state index contributed by atoms with van der Waals surface area (Å²) in [6.45, 7) is 9.82. The van der Waals surface area contributed by atoms with E-state index >= 15 is 0 Å². The molecule has 15 nitrogen and oxygen atoms in total. The molecule has 58 heavy (non-hydrogen) atoms. The van der Waals surface area contributed by atoms with Crippen LogP contribution in [0, 0.1) is 52.3 Å². The molecule has 24 atom stereocenters. The van der Waals surface area contributed by atoms with Gasteiger partial charge < -0.3 is 73.6 Å². The fraction of sp³-hybridized carbons (Fsp3) is 1.00. The number of hydrogen-bond donors (Lipinski definition) is 7. The molecular formula is C43H70O15. The Balaban J connectivity index is 0.840. The third kappa shape index (κ3) is 7.25. The first-order valence-corrected chi connectivity index (χ1v) is 22.5. The monoisotopic (exact) mass is 826 g/mol. The van der Waals surface area contributed by atoms with Crippen molar-refractivity contribution in [3.63, 3.8) is 0 Å². The van der Waals surface area contributed by atoms with E-state index in [2.05, 4.69) is 27.7 Å². The lowest BCUT2D eigenvalue weighted by Gasteiger charge is -2.61. The van der Waals surface area contributed by atoms with E-state index in [4.69, 9.17) is 37.9 Å². The molecule has 332 valence electrons. The maximum Gasteiger partial charge on any atom is 0.186 e. The van der Waals surface area contributed by atoms with Crippen LogP contribution >= 0.6 is 0 Å². The highest BCUT2D eigenvalue weighted by molar-refractivity contribution is 5.15. The van der Waals surface area contributed by atoms with Crippen molar-refractivity contribution in [3.8, 4) is 0 Å². The third-order valence-corrected chi connectivity index (χ3v) is 17.4. The largest absolute Gasteiger partial charge is 0.390 e. The van der Waals surface area contributed by atoms with Crippen LogP contribution in [0.1, 0.15) is 98.3 Å². The molecule has 0 bridgehead atoms. The summed E-state index contributed by atoms with van der Waals surface area (Å²) in [5, 5.41) is 72.9. The van der Waals surface area contributed by atoms with E-state index in [0.717, 1.165) is 45.1 Å². The van der Waals surface area contributed by atoms with Gasteiger partial charge >= 0.3 is 0 Å². The van der Waals surface area contributed by atoms with E-state index in [1.165, 1.54) is 25.7 Å². The molecule has 0 radical (unpaired) electrons. The Morgan fingerprint density at radius 2 is 1.36 bits per heavy atom. The lowest BCUT2D eigenvalue weighted by Crippen LogP contribution is -2.60. The predicted octanol–water partition coefficient (Wildman–Crippen LogP) is 1.57. The van der Waals surface area contributed by atoms with E-state index in [9.17, 15) is 35.7 Å². The van der Waals surface area contributed by atoms with E-state index in [0.29, 0.717) is 41.4 Å². The van der Waals surface area contributed by atoms with Crippen molar-refractivity contribution >= 4 is 0 Å². The molecule has 5 saturated heterocycles. The van der Waals surface area contributed by atoms with Crippen molar-refractivity contribution < 1.29 is 73.6 Å². The van der Waals surface area contributed by atoms with Crippen molar-refractivity contribution in [3.05, 3.63) is 0 Å². The van der Waals surface area contributed by atoms with Gasteiger partial charge in [-0.15, -0.1) is 0 Å². The molecule has 0 aromatic carbocycles. The third-order valence-electron chi connectivity index (χ3n) is 17.4. The average Bonchev–Trinajstić information content (AvgIpc) is 3.64. The number of fused-ring (bicyclic) bond motifs is 7. The van der Waals surface area contributed by atoms with E-state index in [1.807, 2.05) is 0 Å². The summed E-state index contributed by atoms with van der Waals surface area (Å²) in [6, 6.07) is 0. The van der Waals surface area contributed by atoms with Gasteiger partial charge in [0.05, 0.1) is 44.7 Å². The molecule has 9 fully saturated rings. The smallest absolute Gasteiger partial charge is 0.186 e. The van der Waals surface area contributed by atoms with Gasteiger partial charge in [0.25, 0.3) is 0 Å². The molecule has 4 aliphatic carbocycles. The summed E-state index contributed by atoms with van der Waals surface area (Å²) in [7, 11) is 0. The minimum absolute atomic E-state index is 0.0696. The number of aliphatic hydroxyl groups excluding tert-OH is 7. The molecule has 0 aromatic rings. The first kappa shape index (κ1) is 42.7. The molecule has 4 saturated carbocycles. The van der Waals surface area contributed by atoms with Gasteiger partial charge in [-0.3, -0.25) is 0 Å². The van der Waals surface area contributed by atoms with Crippen molar-refractivity contribution in [2.24, 2.45) is 52.3 Å². The summed E-state index contributed by atoms with van der Waals surface area (Å²) in [4.78, 5) is 0. The zero-order valence-electron chi connectivity index (χ0n) is 34.6. The lowest BCUT2D eigenvalue weighted by molar-refractivity contribution is -0.342. The highest BCUT2D eigenvalue weighted by atomic mass is 16.7. The van der Waals surface area contributed by atoms with Crippen LogP contribution < -0.4 is 0 Å². The molecule has 9 aliphatic rings. The lowest BCUT2D eigenvalue weighted by atomic mass is 9.44. The molecular weight excluding hydrogens is 756 g/mol. The molecule has 0 unspecified atom stereocenters. The number of aliphatic hydroxyl groups is 7. The maximum absolute atomic E-state index is 11.5. The predicted molar refractivity (Wildman–Crippen MR) is 202 cm³/mol. The molecule has 7 N–H and O–H groups in total. The van der Waals surface area contributed by atoms with Gasteiger partial charge in [0.1, 0.15) is 48.8 Å². The van der Waals surface area contributed by atoms with Crippen LogP contribution in [0.25, 0.3) is 0 Å². The van der Waals surface area contributed by atoms with Gasteiger partial charge in [0, 0.05) is 18.8 Å². The van der Waals surface area contributed by atoms with Crippen LogP contribution in [-0.2, 0) is 37.9 Å². The van der Waals surface area contributed by atoms with Crippen molar-refractivity contribution in [2.45, 2.75) is 190 Å². The van der Waals surface area contributed by atoms with Crippen molar-refractivity contribution in [1.29, 1.82) is 0 Å². The minimum atomic E-state index is -1.59.